The number of carbonyl (C=O) groups excluding carboxylic acids is 1. The lowest BCUT2D eigenvalue weighted by Gasteiger charge is -2.27. The number of ether oxygens (including phenoxy) is 1. The maximum absolute atomic E-state index is 14.3. The molecule has 6 heteroatoms. The third-order valence-corrected chi connectivity index (χ3v) is 4.21. The van der Waals surface area contributed by atoms with Gasteiger partial charge in [0.15, 0.2) is 0 Å². The number of amides is 1. The van der Waals surface area contributed by atoms with E-state index in [-0.39, 0.29) is 30.2 Å². The van der Waals surface area contributed by atoms with Crippen LogP contribution in [-0.2, 0) is 16.1 Å². The number of hydrogen-bond acceptors (Lipinski definition) is 3. The van der Waals surface area contributed by atoms with Crippen molar-refractivity contribution in [1.29, 1.82) is 0 Å². The average Bonchev–Trinajstić information content (AvgIpc) is 3.00. The summed E-state index contributed by atoms with van der Waals surface area (Å²) in [4.78, 5) is 18.5. The van der Waals surface area contributed by atoms with E-state index >= 15 is 0 Å². The number of carbonyl (C=O) groups is 1. The van der Waals surface area contributed by atoms with Gasteiger partial charge >= 0.3 is 0 Å². The van der Waals surface area contributed by atoms with Crippen molar-refractivity contribution >= 4 is 11.6 Å². The zero-order valence-electron chi connectivity index (χ0n) is 13.3. The molecule has 0 bridgehead atoms. The Labute approximate surface area is 139 Å². The molecule has 0 spiro atoms. The van der Waals surface area contributed by atoms with Crippen LogP contribution >= 0.6 is 0 Å². The molecule has 1 aromatic heterocycles. The highest BCUT2D eigenvalue weighted by atomic mass is 19.1. The van der Waals surface area contributed by atoms with Crippen LogP contribution in [0.25, 0.3) is 0 Å². The molecule has 2 atom stereocenters. The van der Waals surface area contributed by atoms with Crippen molar-refractivity contribution < 1.29 is 18.3 Å². The normalized spacial score (nSPS) is 20.1. The first-order valence-electron chi connectivity index (χ1n) is 7.84. The molecule has 1 saturated heterocycles. The van der Waals surface area contributed by atoms with Crippen molar-refractivity contribution in [3.05, 3.63) is 59.9 Å². The Morgan fingerprint density at radius 1 is 1.33 bits per heavy atom. The van der Waals surface area contributed by atoms with E-state index < -0.39 is 11.6 Å². The van der Waals surface area contributed by atoms with Gasteiger partial charge < -0.3 is 9.64 Å². The Morgan fingerprint density at radius 2 is 2.17 bits per heavy atom. The number of halogens is 2. The minimum Gasteiger partial charge on any atom is -0.378 e. The van der Waals surface area contributed by atoms with Gasteiger partial charge in [-0.1, -0.05) is 6.07 Å². The van der Waals surface area contributed by atoms with E-state index in [1.165, 1.54) is 11.0 Å². The van der Waals surface area contributed by atoms with Gasteiger partial charge in [-0.3, -0.25) is 9.78 Å². The smallest absolute Gasteiger partial charge is 0.233 e. The molecule has 3 rings (SSSR count). The molecule has 2 heterocycles. The van der Waals surface area contributed by atoms with E-state index in [4.69, 9.17) is 4.74 Å². The van der Waals surface area contributed by atoms with Crippen molar-refractivity contribution in [2.45, 2.75) is 26.0 Å². The SMILES string of the molecule is C[C@@H]1OCC[C@@H]1C(=O)N(Cc1ccccn1)c1ccc(F)cc1F. The van der Waals surface area contributed by atoms with Crippen LogP contribution in [0.3, 0.4) is 0 Å². The molecule has 0 saturated carbocycles. The second kappa shape index (κ2) is 7.05. The molecule has 0 aliphatic carbocycles. The van der Waals surface area contributed by atoms with Crippen LogP contribution in [0.2, 0.25) is 0 Å². The lowest BCUT2D eigenvalue weighted by molar-refractivity contribution is -0.123. The number of aromatic nitrogens is 1. The molecule has 4 nitrogen and oxygen atoms in total. The molecule has 1 fully saturated rings. The minimum absolute atomic E-state index is 0.0474. The van der Waals surface area contributed by atoms with E-state index in [0.29, 0.717) is 18.7 Å². The van der Waals surface area contributed by atoms with E-state index in [1.54, 1.807) is 24.4 Å². The Balaban J connectivity index is 1.95. The molecule has 24 heavy (non-hydrogen) atoms. The molecular weight excluding hydrogens is 314 g/mol. The van der Waals surface area contributed by atoms with Crippen molar-refractivity contribution in [3.63, 3.8) is 0 Å². The fourth-order valence-electron chi connectivity index (χ4n) is 2.89. The van der Waals surface area contributed by atoms with E-state index in [1.807, 2.05) is 6.92 Å². The van der Waals surface area contributed by atoms with Gasteiger partial charge in [-0.2, -0.15) is 0 Å². The molecule has 0 unspecified atom stereocenters. The number of nitrogens with zero attached hydrogens (tertiary/aromatic N) is 2. The first kappa shape index (κ1) is 16.5. The zero-order chi connectivity index (χ0) is 17.1. The monoisotopic (exact) mass is 332 g/mol. The van der Waals surface area contributed by atoms with Gasteiger partial charge in [-0.05, 0) is 37.6 Å². The van der Waals surface area contributed by atoms with E-state index in [0.717, 1.165) is 12.1 Å². The fourth-order valence-corrected chi connectivity index (χ4v) is 2.89. The molecule has 1 aliphatic rings. The molecule has 126 valence electrons. The predicted octanol–water partition coefficient (Wildman–Crippen LogP) is 3.32. The van der Waals surface area contributed by atoms with E-state index in [9.17, 15) is 13.6 Å². The van der Waals surface area contributed by atoms with Crippen molar-refractivity contribution in [1.82, 2.24) is 4.98 Å². The molecule has 1 amide bonds. The van der Waals surface area contributed by atoms with Crippen LogP contribution in [0.5, 0.6) is 0 Å². The summed E-state index contributed by atoms with van der Waals surface area (Å²) in [5.74, 6) is -2.04. The highest BCUT2D eigenvalue weighted by Crippen LogP contribution is 2.28. The van der Waals surface area contributed by atoms with Crippen LogP contribution in [0.4, 0.5) is 14.5 Å². The van der Waals surface area contributed by atoms with Gasteiger partial charge in [0.2, 0.25) is 5.91 Å². The van der Waals surface area contributed by atoms with Crippen LogP contribution in [0.1, 0.15) is 19.0 Å². The van der Waals surface area contributed by atoms with Gasteiger partial charge in [-0.25, -0.2) is 8.78 Å². The van der Waals surface area contributed by atoms with E-state index in [2.05, 4.69) is 4.98 Å². The van der Waals surface area contributed by atoms with Crippen LogP contribution < -0.4 is 4.90 Å². The summed E-state index contributed by atoms with van der Waals surface area (Å²) in [7, 11) is 0. The lowest BCUT2D eigenvalue weighted by atomic mass is 10.0. The second-order valence-corrected chi connectivity index (χ2v) is 5.81. The third kappa shape index (κ3) is 3.43. The second-order valence-electron chi connectivity index (χ2n) is 5.81. The van der Waals surface area contributed by atoms with Gasteiger partial charge in [0.1, 0.15) is 11.6 Å². The quantitative estimate of drug-likeness (QED) is 0.862. The molecule has 1 aromatic carbocycles. The predicted molar refractivity (Wildman–Crippen MR) is 85.3 cm³/mol. The summed E-state index contributed by atoms with van der Waals surface area (Å²) in [6.07, 6.45) is 1.97. The molecular formula is C18H18F2N2O2. The topological polar surface area (TPSA) is 42.4 Å². The highest BCUT2D eigenvalue weighted by Gasteiger charge is 2.35. The van der Waals surface area contributed by atoms with Gasteiger partial charge in [0.25, 0.3) is 0 Å². The van der Waals surface area contributed by atoms with Gasteiger partial charge in [0.05, 0.1) is 29.9 Å². The Morgan fingerprint density at radius 3 is 2.79 bits per heavy atom. The Kier molecular flexibility index (Phi) is 4.85. The average molecular weight is 332 g/mol. The highest BCUT2D eigenvalue weighted by molar-refractivity contribution is 5.95. The molecule has 2 aromatic rings. The van der Waals surface area contributed by atoms with Crippen molar-refractivity contribution in [3.8, 4) is 0 Å². The number of benzene rings is 1. The standard InChI is InChI=1S/C18H18F2N2O2/c1-12-15(7-9-24-12)18(23)22(11-14-4-2-3-8-21-14)17-6-5-13(19)10-16(17)20/h2-6,8,10,12,15H,7,9,11H2,1H3/t12-,15-/m0/s1. The number of anilines is 1. The Bertz CT molecular complexity index is 724. The van der Waals surface area contributed by atoms with Crippen LogP contribution in [0, 0.1) is 17.6 Å². The lowest BCUT2D eigenvalue weighted by Crippen LogP contribution is -2.39. The number of rotatable bonds is 4. The minimum atomic E-state index is -0.772. The zero-order valence-corrected chi connectivity index (χ0v) is 13.3. The summed E-state index contributed by atoms with van der Waals surface area (Å²) in [6.45, 7) is 2.45. The molecule has 1 aliphatic heterocycles. The fraction of sp³-hybridized carbons (Fsp3) is 0.333. The number of pyridine rings is 1. The summed E-state index contributed by atoms with van der Waals surface area (Å²) in [6, 6.07) is 8.53. The molecule has 0 radical (unpaired) electrons. The molecule has 0 N–H and O–H groups in total. The summed E-state index contributed by atoms with van der Waals surface area (Å²) < 4.78 is 32.9. The maximum atomic E-state index is 14.3. The van der Waals surface area contributed by atoms with Crippen LogP contribution in [0.15, 0.2) is 42.6 Å². The third-order valence-electron chi connectivity index (χ3n) is 4.21. The largest absolute Gasteiger partial charge is 0.378 e. The Hall–Kier alpha value is -2.34. The maximum Gasteiger partial charge on any atom is 0.233 e. The van der Waals surface area contributed by atoms with Crippen molar-refractivity contribution in [2.75, 3.05) is 11.5 Å². The number of hydrogen-bond donors (Lipinski definition) is 0. The van der Waals surface area contributed by atoms with Gasteiger partial charge in [-0.15, -0.1) is 0 Å². The first-order valence-corrected chi connectivity index (χ1v) is 7.84. The summed E-state index contributed by atoms with van der Waals surface area (Å²) in [5.41, 5.74) is 0.673. The van der Waals surface area contributed by atoms with Crippen LogP contribution in [-0.4, -0.2) is 23.6 Å². The summed E-state index contributed by atoms with van der Waals surface area (Å²) in [5, 5.41) is 0. The summed E-state index contributed by atoms with van der Waals surface area (Å²) >= 11 is 0. The van der Waals surface area contributed by atoms with Gasteiger partial charge in [0, 0.05) is 18.9 Å². The van der Waals surface area contributed by atoms with Crippen molar-refractivity contribution in [2.24, 2.45) is 5.92 Å². The first-order chi connectivity index (χ1) is 11.6.